The van der Waals surface area contributed by atoms with Gasteiger partial charge >= 0.3 is 0 Å². The molecule has 1 fully saturated rings. The molecule has 0 aromatic rings. The number of hydrogen-bond acceptors (Lipinski definition) is 1. The Labute approximate surface area is 153 Å². The van der Waals surface area contributed by atoms with Crippen molar-refractivity contribution in [3.63, 3.8) is 0 Å². The van der Waals surface area contributed by atoms with Crippen LogP contribution in [-0.4, -0.2) is 6.04 Å². The van der Waals surface area contributed by atoms with E-state index in [-0.39, 0.29) is 0 Å². The molecule has 0 amide bonds. The van der Waals surface area contributed by atoms with Gasteiger partial charge in [0.15, 0.2) is 0 Å². The van der Waals surface area contributed by atoms with Crippen LogP contribution in [0.25, 0.3) is 0 Å². The molecule has 5 atom stereocenters. The Morgan fingerprint density at radius 3 is 1.92 bits per heavy atom. The van der Waals surface area contributed by atoms with Gasteiger partial charge in [-0.15, -0.1) is 0 Å². The van der Waals surface area contributed by atoms with E-state index in [0.717, 1.165) is 35.5 Å². The lowest BCUT2D eigenvalue weighted by Gasteiger charge is -2.44. The third kappa shape index (κ3) is 6.36. The topological polar surface area (TPSA) is 26.0 Å². The summed E-state index contributed by atoms with van der Waals surface area (Å²) in [7, 11) is 0. The van der Waals surface area contributed by atoms with E-state index < -0.39 is 0 Å². The van der Waals surface area contributed by atoms with Crippen molar-refractivity contribution in [3.05, 3.63) is 0 Å². The number of hydrogen-bond donors (Lipinski definition) is 1. The van der Waals surface area contributed by atoms with Crippen LogP contribution in [0.2, 0.25) is 0 Å². The van der Waals surface area contributed by atoms with Crippen molar-refractivity contribution < 1.29 is 0 Å². The van der Waals surface area contributed by atoms with E-state index in [1.54, 1.807) is 0 Å². The Bertz CT molecular complexity index is 318. The molecule has 1 saturated carbocycles. The van der Waals surface area contributed by atoms with Gasteiger partial charge in [-0.05, 0) is 67.1 Å². The predicted molar refractivity (Wildman–Crippen MR) is 109 cm³/mol. The second-order valence-corrected chi connectivity index (χ2v) is 9.45. The Kier molecular flexibility index (Phi) is 9.94. The van der Waals surface area contributed by atoms with E-state index in [2.05, 4.69) is 48.5 Å². The molecule has 0 heterocycles. The fourth-order valence-corrected chi connectivity index (χ4v) is 4.85. The third-order valence-electron chi connectivity index (χ3n) is 7.47. The average Bonchev–Trinajstić information content (AvgIpc) is 2.49. The highest BCUT2D eigenvalue weighted by Gasteiger charge is 2.37. The van der Waals surface area contributed by atoms with Gasteiger partial charge in [-0.3, -0.25) is 0 Å². The largest absolute Gasteiger partial charge is 0.327 e. The van der Waals surface area contributed by atoms with Gasteiger partial charge in [0.2, 0.25) is 0 Å². The molecule has 24 heavy (non-hydrogen) atoms. The van der Waals surface area contributed by atoms with Crippen LogP contribution in [0.5, 0.6) is 0 Å². The molecule has 0 aromatic carbocycles. The van der Waals surface area contributed by atoms with E-state index in [9.17, 15) is 0 Å². The smallest absolute Gasteiger partial charge is 0.00699 e. The van der Waals surface area contributed by atoms with Gasteiger partial charge in [-0.2, -0.15) is 0 Å². The lowest BCUT2D eigenvalue weighted by atomic mass is 9.62. The highest BCUT2D eigenvalue weighted by molar-refractivity contribution is 4.88. The third-order valence-corrected chi connectivity index (χ3v) is 7.47. The van der Waals surface area contributed by atoms with Crippen LogP contribution in [0, 0.1) is 41.4 Å². The molecule has 0 radical (unpaired) electrons. The summed E-state index contributed by atoms with van der Waals surface area (Å²) in [6.07, 6.45) is 10.8. The van der Waals surface area contributed by atoms with Gasteiger partial charge in [-0.1, -0.05) is 74.1 Å². The predicted octanol–water partition coefficient (Wildman–Crippen LogP) is 6.90. The summed E-state index contributed by atoms with van der Waals surface area (Å²) in [5.41, 5.74) is 6.76. The maximum Gasteiger partial charge on any atom is 0.00699 e. The summed E-state index contributed by atoms with van der Waals surface area (Å²) in [4.78, 5) is 0. The zero-order valence-electron chi connectivity index (χ0n) is 17.9. The Balaban J connectivity index is 2.54. The molecule has 2 N–H and O–H groups in total. The van der Waals surface area contributed by atoms with E-state index in [1.165, 1.54) is 51.4 Å². The van der Waals surface area contributed by atoms with Gasteiger partial charge < -0.3 is 5.73 Å². The fourth-order valence-electron chi connectivity index (χ4n) is 4.85. The summed E-state index contributed by atoms with van der Waals surface area (Å²) in [6.45, 7) is 16.6. The zero-order chi connectivity index (χ0) is 18.3. The Morgan fingerprint density at radius 1 is 0.833 bits per heavy atom. The highest BCUT2D eigenvalue weighted by atomic mass is 14.7. The summed E-state index contributed by atoms with van der Waals surface area (Å²) >= 11 is 0. The second-order valence-electron chi connectivity index (χ2n) is 9.45. The first-order chi connectivity index (χ1) is 11.3. The van der Waals surface area contributed by atoms with Crippen molar-refractivity contribution in [3.8, 4) is 0 Å². The van der Waals surface area contributed by atoms with Gasteiger partial charge in [0.25, 0.3) is 0 Å². The molecular weight excluding hydrogens is 290 g/mol. The van der Waals surface area contributed by atoms with Gasteiger partial charge in [-0.25, -0.2) is 0 Å². The number of rotatable bonds is 12. The van der Waals surface area contributed by atoms with Crippen LogP contribution >= 0.6 is 0 Å². The van der Waals surface area contributed by atoms with Crippen molar-refractivity contribution in [1.29, 1.82) is 0 Å². The van der Waals surface area contributed by atoms with Crippen LogP contribution in [-0.2, 0) is 0 Å². The molecule has 1 heteroatoms. The molecule has 1 nitrogen and oxygen atoms in total. The number of nitrogens with two attached hydrogens (primary N) is 1. The van der Waals surface area contributed by atoms with Crippen molar-refractivity contribution in [2.24, 2.45) is 47.2 Å². The van der Waals surface area contributed by atoms with Crippen LogP contribution in [0.4, 0.5) is 0 Å². The molecule has 1 aliphatic carbocycles. The van der Waals surface area contributed by atoms with Crippen molar-refractivity contribution >= 4 is 0 Å². The summed E-state index contributed by atoms with van der Waals surface area (Å²) < 4.78 is 0. The maximum absolute atomic E-state index is 6.76. The molecule has 144 valence electrons. The SMILES string of the molecule is CCCC(CC(N)C(CC)CC(C)C(C)CC)C1CC(C(C)C)C1. The zero-order valence-corrected chi connectivity index (χ0v) is 17.9. The van der Waals surface area contributed by atoms with Crippen LogP contribution in [0.3, 0.4) is 0 Å². The van der Waals surface area contributed by atoms with Gasteiger partial charge in [0.05, 0.1) is 0 Å². The van der Waals surface area contributed by atoms with E-state index in [4.69, 9.17) is 5.73 Å². The molecule has 1 aliphatic rings. The van der Waals surface area contributed by atoms with Crippen LogP contribution in [0.1, 0.15) is 99.8 Å². The fraction of sp³-hybridized carbons (Fsp3) is 1.00. The van der Waals surface area contributed by atoms with Crippen molar-refractivity contribution in [2.75, 3.05) is 0 Å². The first-order valence-corrected chi connectivity index (χ1v) is 11.1. The van der Waals surface area contributed by atoms with E-state index in [0.29, 0.717) is 12.0 Å². The van der Waals surface area contributed by atoms with Crippen molar-refractivity contribution in [2.45, 2.75) is 106 Å². The minimum Gasteiger partial charge on any atom is -0.327 e. The normalized spacial score (nSPS) is 27.4. The summed E-state index contributed by atoms with van der Waals surface area (Å²) in [6, 6.07) is 0.413. The first kappa shape index (κ1) is 22.0. The molecule has 0 aliphatic heterocycles. The van der Waals surface area contributed by atoms with E-state index in [1.807, 2.05) is 0 Å². The molecule has 0 aromatic heterocycles. The van der Waals surface area contributed by atoms with Crippen LogP contribution < -0.4 is 5.73 Å². The van der Waals surface area contributed by atoms with Gasteiger partial charge in [0.1, 0.15) is 0 Å². The van der Waals surface area contributed by atoms with Gasteiger partial charge in [0, 0.05) is 6.04 Å². The monoisotopic (exact) mass is 337 g/mol. The first-order valence-electron chi connectivity index (χ1n) is 11.1. The molecule has 5 unspecified atom stereocenters. The van der Waals surface area contributed by atoms with Crippen LogP contribution in [0.15, 0.2) is 0 Å². The minimum absolute atomic E-state index is 0.413. The highest BCUT2D eigenvalue weighted by Crippen LogP contribution is 2.46. The van der Waals surface area contributed by atoms with E-state index >= 15 is 0 Å². The minimum atomic E-state index is 0.413. The molecule has 0 bridgehead atoms. The molecule has 0 saturated heterocycles. The quantitative estimate of drug-likeness (QED) is 0.412. The lowest BCUT2D eigenvalue weighted by molar-refractivity contribution is 0.0702. The Morgan fingerprint density at radius 2 is 1.46 bits per heavy atom. The molecular formula is C23H47N. The molecule has 1 rings (SSSR count). The average molecular weight is 338 g/mol. The standard InChI is InChI=1S/C23H47N/c1-8-11-20(22-13-21(14-22)16(4)5)15-23(24)19(10-3)12-18(7)17(6)9-2/h16-23H,8-15,24H2,1-7H3. The van der Waals surface area contributed by atoms with Crippen molar-refractivity contribution in [1.82, 2.24) is 0 Å². The summed E-state index contributed by atoms with van der Waals surface area (Å²) in [5, 5.41) is 0. The second kappa shape index (κ2) is 10.8. The Hall–Kier alpha value is -0.0400. The lowest BCUT2D eigenvalue weighted by Crippen LogP contribution is -2.39. The summed E-state index contributed by atoms with van der Waals surface area (Å²) in [5.74, 6) is 6.06. The maximum atomic E-state index is 6.76. The molecule has 0 spiro atoms.